The molecule has 0 spiro atoms. The summed E-state index contributed by atoms with van der Waals surface area (Å²) in [6, 6.07) is 10.4. The summed E-state index contributed by atoms with van der Waals surface area (Å²) >= 11 is 0. The fourth-order valence-electron chi connectivity index (χ4n) is 2.32. The maximum atomic E-state index is 9.59. The van der Waals surface area contributed by atoms with Crippen LogP contribution in [0.5, 0.6) is 0 Å². The van der Waals surface area contributed by atoms with Crippen molar-refractivity contribution in [2.75, 3.05) is 0 Å². The average Bonchev–Trinajstić information content (AvgIpc) is 2.89. The van der Waals surface area contributed by atoms with E-state index in [9.17, 15) is 5.11 Å². The molecule has 1 saturated carbocycles. The van der Waals surface area contributed by atoms with E-state index < -0.39 is 0 Å². The molecule has 0 bridgehead atoms. The summed E-state index contributed by atoms with van der Waals surface area (Å²) in [5.41, 5.74) is 2.64. The van der Waals surface area contributed by atoms with Crippen molar-refractivity contribution in [2.24, 2.45) is 11.8 Å². The molecule has 0 aromatic heterocycles. The normalized spacial score (nSPS) is 35.5. The van der Waals surface area contributed by atoms with Crippen LogP contribution in [-0.2, 0) is 0 Å². The molecular weight excluding hydrogens is 160 g/mol. The molecule has 2 aliphatic rings. The van der Waals surface area contributed by atoms with Crippen LogP contribution in [0, 0.1) is 11.8 Å². The van der Waals surface area contributed by atoms with Gasteiger partial charge in [0.2, 0.25) is 0 Å². The molecular formula is C12H12O. The first kappa shape index (κ1) is 7.34. The van der Waals surface area contributed by atoms with Crippen molar-refractivity contribution in [1.29, 1.82) is 0 Å². The Hall–Kier alpha value is -1.08. The number of aliphatic hydroxyl groups is 1. The highest BCUT2D eigenvalue weighted by molar-refractivity contribution is 5.73. The summed E-state index contributed by atoms with van der Waals surface area (Å²) < 4.78 is 0. The molecule has 2 aliphatic carbocycles. The predicted octanol–water partition coefficient (Wildman–Crippen LogP) is 2.08. The van der Waals surface area contributed by atoms with Gasteiger partial charge in [-0.2, -0.15) is 0 Å². The van der Waals surface area contributed by atoms with Crippen molar-refractivity contribution in [3.8, 4) is 0 Å². The third-order valence-corrected chi connectivity index (χ3v) is 3.14. The first-order chi connectivity index (χ1) is 6.36. The van der Waals surface area contributed by atoms with Gasteiger partial charge in [0.1, 0.15) is 0 Å². The number of allylic oxidation sites excluding steroid dienone is 1. The number of fused-ring (bicyclic) bond motifs is 1. The van der Waals surface area contributed by atoms with Crippen molar-refractivity contribution in [1.82, 2.24) is 0 Å². The first-order valence-corrected chi connectivity index (χ1v) is 4.81. The summed E-state index contributed by atoms with van der Waals surface area (Å²) in [5, 5.41) is 9.59. The largest absolute Gasteiger partial charge is 0.389 e. The Bertz CT molecular complexity index is 353. The first-order valence-electron chi connectivity index (χ1n) is 4.81. The van der Waals surface area contributed by atoms with Crippen LogP contribution in [0.3, 0.4) is 0 Å². The van der Waals surface area contributed by atoms with Gasteiger partial charge in [-0.1, -0.05) is 36.4 Å². The van der Waals surface area contributed by atoms with Crippen molar-refractivity contribution < 1.29 is 5.11 Å². The smallest absolute Gasteiger partial charge is 0.0761 e. The molecule has 1 heteroatoms. The third-order valence-electron chi connectivity index (χ3n) is 3.14. The second kappa shape index (κ2) is 2.46. The molecule has 0 amide bonds. The molecule has 66 valence electrons. The second-order valence-corrected chi connectivity index (χ2v) is 3.98. The Kier molecular flexibility index (Phi) is 1.39. The van der Waals surface area contributed by atoms with Gasteiger partial charge in [0.05, 0.1) is 6.10 Å². The Morgan fingerprint density at radius 3 is 2.46 bits per heavy atom. The Morgan fingerprint density at radius 2 is 1.92 bits per heavy atom. The van der Waals surface area contributed by atoms with Gasteiger partial charge in [0.25, 0.3) is 0 Å². The van der Waals surface area contributed by atoms with Crippen LogP contribution < -0.4 is 0 Å². The topological polar surface area (TPSA) is 20.2 Å². The van der Waals surface area contributed by atoms with Crippen LogP contribution in [0.25, 0.3) is 5.57 Å². The molecule has 1 nitrogen and oxygen atoms in total. The van der Waals surface area contributed by atoms with Crippen LogP contribution in [0.15, 0.2) is 36.4 Å². The molecule has 1 aromatic rings. The minimum absolute atomic E-state index is 0.180. The number of aliphatic hydroxyl groups excluding tert-OH is 1. The maximum Gasteiger partial charge on any atom is 0.0761 e. The maximum absolute atomic E-state index is 9.59. The van der Waals surface area contributed by atoms with Crippen LogP contribution in [0.4, 0.5) is 0 Å². The highest BCUT2D eigenvalue weighted by atomic mass is 16.3. The highest BCUT2D eigenvalue weighted by Gasteiger charge is 2.48. The molecule has 0 heterocycles. The molecule has 0 radical (unpaired) electrons. The average molecular weight is 172 g/mol. The van der Waals surface area contributed by atoms with Crippen molar-refractivity contribution in [3.63, 3.8) is 0 Å². The zero-order valence-electron chi connectivity index (χ0n) is 7.35. The number of rotatable bonds is 1. The van der Waals surface area contributed by atoms with Gasteiger partial charge in [-0.15, -0.1) is 0 Å². The van der Waals surface area contributed by atoms with Gasteiger partial charge in [-0.3, -0.25) is 0 Å². The van der Waals surface area contributed by atoms with Crippen molar-refractivity contribution in [2.45, 2.75) is 12.5 Å². The fourth-order valence-corrected chi connectivity index (χ4v) is 2.32. The van der Waals surface area contributed by atoms with Gasteiger partial charge in [0, 0.05) is 0 Å². The van der Waals surface area contributed by atoms with E-state index in [-0.39, 0.29) is 6.10 Å². The molecule has 3 unspecified atom stereocenters. The quantitative estimate of drug-likeness (QED) is 0.687. The van der Waals surface area contributed by atoms with E-state index >= 15 is 0 Å². The van der Waals surface area contributed by atoms with Crippen molar-refractivity contribution >= 4 is 5.57 Å². The van der Waals surface area contributed by atoms with E-state index in [4.69, 9.17) is 0 Å². The van der Waals surface area contributed by atoms with Gasteiger partial charge in [0.15, 0.2) is 0 Å². The minimum Gasteiger partial charge on any atom is -0.389 e. The van der Waals surface area contributed by atoms with Gasteiger partial charge in [-0.25, -0.2) is 0 Å². The molecule has 0 aliphatic heterocycles. The molecule has 3 rings (SSSR count). The zero-order valence-corrected chi connectivity index (χ0v) is 7.35. The lowest BCUT2D eigenvalue weighted by Crippen LogP contribution is -2.00. The van der Waals surface area contributed by atoms with Crippen molar-refractivity contribution in [3.05, 3.63) is 42.0 Å². The standard InChI is InChI=1S/C12H12O/c13-12-7-9(10-6-11(10)12)8-4-2-1-3-5-8/h1-5,7,10-13H,6H2. The summed E-state index contributed by atoms with van der Waals surface area (Å²) in [6.07, 6.45) is 3.02. The van der Waals surface area contributed by atoms with E-state index in [1.165, 1.54) is 17.6 Å². The lowest BCUT2D eigenvalue weighted by atomic mass is 10.0. The summed E-state index contributed by atoms with van der Waals surface area (Å²) in [7, 11) is 0. The number of hydrogen-bond acceptors (Lipinski definition) is 1. The lowest BCUT2D eigenvalue weighted by Gasteiger charge is -2.02. The van der Waals surface area contributed by atoms with Crippen LogP contribution >= 0.6 is 0 Å². The second-order valence-electron chi connectivity index (χ2n) is 3.98. The number of hydrogen-bond donors (Lipinski definition) is 1. The molecule has 13 heavy (non-hydrogen) atoms. The summed E-state index contributed by atoms with van der Waals surface area (Å²) in [4.78, 5) is 0. The van der Waals surface area contributed by atoms with Crippen LogP contribution in [0.2, 0.25) is 0 Å². The number of benzene rings is 1. The zero-order chi connectivity index (χ0) is 8.84. The lowest BCUT2D eigenvalue weighted by molar-refractivity contribution is 0.203. The van der Waals surface area contributed by atoms with E-state index in [2.05, 4.69) is 24.3 Å². The van der Waals surface area contributed by atoms with E-state index in [0.29, 0.717) is 11.8 Å². The predicted molar refractivity (Wildman–Crippen MR) is 52.0 cm³/mol. The van der Waals surface area contributed by atoms with E-state index in [1.54, 1.807) is 0 Å². The molecule has 1 N–H and O–H groups in total. The summed E-state index contributed by atoms with van der Waals surface area (Å²) in [6.45, 7) is 0. The minimum atomic E-state index is -0.180. The fraction of sp³-hybridized carbons (Fsp3) is 0.333. The SMILES string of the molecule is OC1C=C(c2ccccc2)C2CC12. The third kappa shape index (κ3) is 1.04. The molecule has 1 fully saturated rings. The molecule has 0 saturated heterocycles. The summed E-state index contributed by atoms with van der Waals surface area (Å²) in [5.74, 6) is 1.19. The van der Waals surface area contributed by atoms with Gasteiger partial charge in [-0.05, 0) is 29.4 Å². The van der Waals surface area contributed by atoms with Gasteiger partial charge >= 0.3 is 0 Å². The molecule has 3 atom stereocenters. The van der Waals surface area contributed by atoms with E-state index in [1.807, 2.05) is 12.1 Å². The Labute approximate surface area is 77.7 Å². The van der Waals surface area contributed by atoms with Crippen LogP contribution in [-0.4, -0.2) is 11.2 Å². The Balaban J connectivity index is 1.99. The molecule has 1 aromatic carbocycles. The highest BCUT2D eigenvalue weighted by Crippen LogP contribution is 2.55. The Morgan fingerprint density at radius 1 is 1.15 bits per heavy atom. The monoisotopic (exact) mass is 172 g/mol. The van der Waals surface area contributed by atoms with Gasteiger partial charge < -0.3 is 5.11 Å². The van der Waals surface area contributed by atoms with Crippen LogP contribution in [0.1, 0.15) is 12.0 Å². The van der Waals surface area contributed by atoms with E-state index in [0.717, 1.165) is 0 Å².